The first kappa shape index (κ1) is 88.1. The van der Waals surface area contributed by atoms with Crippen LogP contribution in [0.25, 0.3) is 0 Å². The van der Waals surface area contributed by atoms with Crippen molar-refractivity contribution in [2.45, 2.75) is 369 Å². The van der Waals surface area contributed by atoms with E-state index in [2.05, 4.69) is 55.4 Å². The summed E-state index contributed by atoms with van der Waals surface area (Å²) in [5.41, 5.74) is 0. The van der Waals surface area contributed by atoms with E-state index in [1.165, 1.54) is 148 Å². The van der Waals surface area contributed by atoms with Crippen LogP contribution in [0.2, 0.25) is 0 Å². The molecule has 3 unspecified atom stereocenters. The molecule has 0 aliphatic heterocycles. The van der Waals surface area contributed by atoms with Gasteiger partial charge >= 0.3 is 39.5 Å². The highest BCUT2D eigenvalue weighted by atomic mass is 31.2. The number of ether oxygens (including phenoxy) is 4. The van der Waals surface area contributed by atoms with Crippen LogP contribution < -0.4 is 0 Å². The van der Waals surface area contributed by atoms with Gasteiger partial charge in [-0.25, -0.2) is 9.13 Å². The van der Waals surface area contributed by atoms with Crippen molar-refractivity contribution >= 4 is 39.5 Å². The van der Waals surface area contributed by atoms with Gasteiger partial charge in [0.1, 0.15) is 19.3 Å². The van der Waals surface area contributed by atoms with E-state index in [1.807, 2.05) is 0 Å². The fourth-order valence-corrected chi connectivity index (χ4v) is 12.2. The molecule has 3 N–H and O–H groups in total. The highest BCUT2D eigenvalue weighted by Gasteiger charge is 2.30. The first-order chi connectivity index (χ1) is 43.1. The number of carbonyl (C=O) groups is 4. The monoisotopic (exact) mass is 1320 g/mol. The molecule has 534 valence electrons. The second kappa shape index (κ2) is 60.7. The van der Waals surface area contributed by atoms with Gasteiger partial charge in [-0.05, 0) is 49.4 Å². The average Bonchev–Trinajstić information content (AvgIpc) is 3.08. The first-order valence-electron chi connectivity index (χ1n) is 36.7. The van der Waals surface area contributed by atoms with Crippen molar-refractivity contribution in [1.29, 1.82) is 0 Å². The Kier molecular flexibility index (Phi) is 59.4. The molecule has 17 nitrogen and oxygen atoms in total. The second-order valence-corrected chi connectivity index (χ2v) is 30.2. The highest BCUT2D eigenvalue weighted by molar-refractivity contribution is 7.47. The summed E-state index contributed by atoms with van der Waals surface area (Å²) in [6.07, 6.45) is 43.4. The van der Waals surface area contributed by atoms with Crippen LogP contribution in [0.5, 0.6) is 0 Å². The maximum absolute atomic E-state index is 13.0. The lowest BCUT2D eigenvalue weighted by atomic mass is 9.99. The molecular formula is C71H138O17P2. The fraction of sp³-hybridized carbons (Fsp3) is 0.944. The number of esters is 4. The van der Waals surface area contributed by atoms with Gasteiger partial charge in [-0.1, -0.05) is 299 Å². The van der Waals surface area contributed by atoms with Gasteiger partial charge < -0.3 is 33.8 Å². The lowest BCUT2D eigenvalue weighted by molar-refractivity contribution is -0.161. The molecule has 0 radical (unpaired) electrons. The molecule has 0 fully saturated rings. The Balaban J connectivity index is 5.22. The molecule has 0 heterocycles. The Morgan fingerprint density at radius 3 is 0.789 bits per heavy atom. The SMILES string of the molecule is CCC(C)CCCCCCCCCCCCCCCCC(=O)O[C@H](COC(=O)CCCCCCCCCCCCCC(C)C)COP(=O)(O)OC[C@@H](O)COP(=O)(O)OC[C@@H](COC(=O)CCCCCCCCC(C)C)OC(=O)CCCCCCCCC(C)C. The van der Waals surface area contributed by atoms with Crippen molar-refractivity contribution in [2.75, 3.05) is 39.6 Å². The van der Waals surface area contributed by atoms with Gasteiger partial charge in [-0.3, -0.25) is 37.3 Å². The minimum absolute atomic E-state index is 0.101. The number of phosphoric acid groups is 2. The Hall–Kier alpha value is -1.94. The molecule has 0 aromatic carbocycles. The van der Waals surface area contributed by atoms with Crippen molar-refractivity contribution < 1.29 is 80.2 Å². The van der Waals surface area contributed by atoms with Gasteiger partial charge in [0.05, 0.1) is 26.4 Å². The van der Waals surface area contributed by atoms with Crippen molar-refractivity contribution in [2.24, 2.45) is 23.7 Å². The molecule has 0 spiro atoms. The third kappa shape index (κ3) is 63.5. The zero-order valence-corrected chi connectivity index (χ0v) is 60.6. The summed E-state index contributed by atoms with van der Waals surface area (Å²) < 4.78 is 68.2. The molecule has 90 heavy (non-hydrogen) atoms. The molecule has 19 heteroatoms. The van der Waals surface area contributed by atoms with E-state index in [4.69, 9.17) is 37.0 Å². The van der Waals surface area contributed by atoms with Gasteiger partial charge in [0.15, 0.2) is 12.2 Å². The lowest BCUT2D eigenvalue weighted by Crippen LogP contribution is -2.30. The highest BCUT2D eigenvalue weighted by Crippen LogP contribution is 2.45. The van der Waals surface area contributed by atoms with Crippen LogP contribution in [-0.4, -0.2) is 96.7 Å². The summed E-state index contributed by atoms with van der Waals surface area (Å²) in [7, 11) is -9.90. The summed E-state index contributed by atoms with van der Waals surface area (Å²) in [6, 6.07) is 0. The predicted octanol–water partition coefficient (Wildman–Crippen LogP) is 20.1. The second-order valence-electron chi connectivity index (χ2n) is 27.3. The molecule has 0 aromatic rings. The van der Waals surface area contributed by atoms with Gasteiger partial charge in [-0.2, -0.15) is 0 Å². The van der Waals surface area contributed by atoms with Crippen LogP contribution in [0.4, 0.5) is 0 Å². The largest absolute Gasteiger partial charge is 0.472 e. The van der Waals surface area contributed by atoms with Crippen molar-refractivity contribution in [3.63, 3.8) is 0 Å². The number of rotatable bonds is 68. The maximum atomic E-state index is 13.0. The van der Waals surface area contributed by atoms with Crippen molar-refractivity contribution in [3.8, 4) is 0 Å². The van der Waals surface area contributed by atoms with Crippen LogP contribution in [0.1, 0.15) is 351 Å². The van der Waals surface area contributed by atoms with Crippen molar-refractivity contribution in [3.05, 3.63) is 0 Å². The lowest BCUT2D eigenvalue weighted by Gasteiger charge is -2.21. The molecule has 0 bridgehead atoms. The summed E-state index contributed by atoms with van der Waals surface area (Å²) in [4.78, 5) is 72.5. The van der Waals surface area contributed by atoms with Crippen LogP contribution in [0.15, 0.2) is 0 Å². The Bertz CT molecular complexity index is 1780. The van der Waals surface area contributed by atoms with E-state index in [-0.39, 0.29) is 25.7 Å². The predicted molar refractivity (Wildman–Crippen MR) is 363 cm³/mol. The Labute approximate surface area is 549 Å². The van der Waals surface area contributed by atoms with E-state index < -0.39 is 97.5 Å². The van der Waals surface area contributed by atoms with E-state index in [0.717, 1.165) is 108 Å². The number of phosphoric ester groups is 2. The van der Waals surface area contributed by atoms with Gasteiger partial charge in [0.25, 0.3) is 0 Å². The molecule has 0 saturated carbocycles. The summed E-state index contributed by atoms with van der Waals surface area (Å²) >= 11 is 0. The van der Waals surface area contributed by atoms with E-state index >= 15 is 0 Å². The number of hydrogen-bond acceptors (Lipinski definition) is 15. The third-order valence-electron chi connectivity index (χ3n) is 16.7. The molecular weight excluding hydrogens is 1190 g/mol. The number of aliphatic hydroxyl groups is 1. The zero-order valence-electron chi connectivity index (χ0n) is 58.8. The number of aliphatic hydroxyl groups excluding tert-OH is 1. The topological polar surface area (TPSA) is 237 Å². The first-order valence-corrected chi connectivity index (χ1v) is 39.7. The van der Waals surface area contributed by atoms with Gasteiger partial charge in [0.2, 0.25) is 0 Å². The molecule has 0 rings (SSSR count). The summed E-state index contributed by atoms with van der Waals surface area (Å²) in [5, 5.41) is 10.6. The standard InChI is InChI=1S/C71H138O17P2/c1-9-64(8)50-42-34-24-20-16-12-10-11-13-17-22-26-37-45-53-70(75)87-66(57-81-68(73)51-43-35-25-21-18-14-15-19-23-31-39-47-61(2)3)59-85-89(77,78)83-55-65(72)56-84-90(79,80)86-60-67(88-71(76)54-46-38-30-28-33-41-49-63(6)7)58-82-69(74)52-44-36-29-27-32-40-48-62(4)5/h61-67,72H,9-60H2,1-8H3,(H,77,78)(H,79,80)/t64?,65-,66-,67-/m1/s1. The maximum Gasteiger partial charge on any atom is 0.472 e. The third-order valence-corrected chi connectivity index (χ3v) is 18.6. The van der Waals surface area contributed by atoms with E-state index in [1.54, 1.807) is 0 Å². The molecule has 0 saturated heterocycles. The molecule has 6 atom stereocenters. The van der Waals surface area contributed by atoms with E-state index in [0.29, 0.717) is 37.5 Å². The van der Waals surface area contributed by atoms with Crippen LogP contribution in [0, 0.1) is 23.7 Å². The smallest absolute Gasteiger partial charge is 0.462 e. The minimum atomic E-state index is -4.95. The number of hydrogen-bond donors (Lipinski definition) is 3. The summed E-state index contributed by atoms with van der Waals surface area (Å²) in [5.74, 6) is 0.832. The molecule has 0 aliphatic carbocycles. The van der Waals surface area contributed by atoms with Crippen LogP contribution in [0.3, 0.4) is 0 Å². The molecule has 0 aromatic heterocycles. The number of unbranched alkanes of at least 4 members (excludes halogenated alkanes) is 33. The van der Waals surface area contributed by atoms with Crippen molar-refractivity contribution in [1.82, 2.24) is 0 Å². The van der Waals surface area contributed by atoms with Gasteiger partial charge in [0, 0.05) is 25.7 Å². The van der Waals surface area contributed by atoms with Crippen LogP contribution in [-0.2, 0) is 65.4 Å². The Morgan fingerprint density at radius 2 is 0.533 bits per heavy atom. The number of carbonyl (C=O) groups excluding carboxylic acids is 4. The van der Waals surface area contributed by atoms with E-state index in [9.17, 15) is 43.2 Å². The zero-order chi connectivity index (χ0) is 66.8. The van der Waals surface area contributed by atoms with Gasteiger partial charge in [-0.15, -0.1) is 0 Å². The van der Waals surface area contributed by atoms with Crippen LogP contribution >= 0.6 is 15.6 Å². The minimum Gasteiger partial charge on any atom is -0.462 e. The Morgan fingerprint density at radius 1 is 0.311 bits per heavy atom. The average molecular weight is 1330 g/mol. The summed E-state index contributed by atoms with van der Waals surface area (Å²) in [6.45, 7) is 14.0. The molecule has 0 amide bonds. The molecule has 0 aliphatic rings. The normalized spacial score (nSPS) is 14.6. The quantitative estimate of drug-likeness (QED) is 0.0222. The fourth-order valence-electron chi connectivity index (χ4n) is 10.6.